The summed E-state index contributed by atoms with van der Waals surface area (Å²) in [6, 6.07) is 0. The maximum Gasteiger partial charge on any atom is 0.104 e. The van der Waals surface area contributed by atoms with E-state index in [0.29, 0.717) is 0 Å². The summed E-state index contributed by atoms with van der Waals surface area (Å²) >= 11 is 5.48. The molecule has 1 aromatic heterocycles. The molecule has 0 aromatic carbocycles. The lowest BCUT2D eigenvalue weighted by Gasteiger charge is -2.20. The minimum atomic E-state index is -0.633. The van der Waals surface area contributed by atoms with Gasteiger partial charge in [-0.15, -0.1) is 24.0 Å². The molecule has 0 unspecified atom stereocenters. The third kappa shape index (κ3) is 1.80. The van der Waals surface area contributed by atoms with E-state index in [2.05, 4.69) is 17.6 Å². The van der Waals surface area contributed by atoms with Crippen LogP contribution in [0.25, 0.3) is 0 Å². The first-order valence-corrected chi connectivity index (χ1v) is 4.76. The van der Waals surface area contributed by atoms with Crippen molar-refractivity contribution < 1.29 is 10.2 Å². The summed E-state index contributed by atoms with van der Waals surface area (Å²) in [5, 5.41) is 18.8. The summed E-state index contributed by atoms with van der Waals surface area (Å²) in [6.45, 7) is 1.55. The molecule has 0 amide bonds. The molecule has 0 aliphatic carbocycles. The second kappa shape index (κ2) is 3.74. The normalized spacial score (nSPS) is 12.0. The molecule has 12 heavy (non-hydrogen) atoms. The number of hydrogen-bond acceptors (Lipinski definition) is 5. The molecule has 0 bridgehead atoms. The van der Waals surface area contributed by atoms with Gasteiger partial charge in [-0.25, -0.2) is 4.98 Å². The van der Waals surface area contributed by atoms with Crippen molar-refractivity contribution in [1.82, 2.24) is 4.98 Å². The second-order valence-electron chi connectivity index (χ2n) is 2.88. The summed E-state index contributed by atoms with van der Waals surface area (Å²) in [5.74, 6) is 0. The second-order valence-corrected chi connectivity index (χ2v) is 4.70. The topological polar surface area (TPSA) is 53.4 Å². The molecule has 5 heteroatoms. The van der Waals surface area contributed by atoms with Crippen molar-refractivity contribution in [2.75, 3.05) is 13.2 Å². The highest BCUT2D eigenvalue weighted by atomic mass is 32.2. The van der Waals surface area contributed by atoms with E-state index in [0.717, 1.165) is 9.22 Å². The van der Waals surface area contributed by atoms with Crippen molar-refractivity contribution in [3.63, 3.8) is 0 Å². The van der Waals surface area contributed by atoms with Crippen LogP contribution in [0.3, 0.4) is 0 Å². The summed E-state index contributed by atoms with van der Waals surface area (Å²) in [7, 11) is 0. The van der Waals surface area contributed by atoms with Crippen molar-refractivity contribution in [3.05, 3.63) is 11.2 Å². The van der Waals surface area contributed by atoms with Crippen LogP contribution in [0.1, 0.15) is 11.9 Å². The van der Waals surface area contributed by atoms with Crippen LogP contribution in [0.15, 0.2) is 10.4 Å². The fourth-order valence-corrected chi connectivity index (χ4v) is 1.83. The van der Waals surface area contributed by atoms with Crippen molar-refractivity contribution in [2.45, 2.75) is 16.5 Å². The first-order chi connectivity index (χ1) is 5.62. The predicted octanol–water partition coefficient (Wildman–Crippen LogP) is 0.674. The van der Waals surface area contributed by atoms with Gasteiger partial charge in [0.2, 0.25) is 0 Å². The average molecular weight is 205 g/mol. The van der Waals surface area contributed by atoms with Gasteiger partial charge in [0.05, 0.1) is 29.0 Å². The molecular formula is C7H11NO2S2. The first kappa shape index (κ1) is 9.98. The molecule has 0 fully saturated rings. The maximum atomic E-state index is 9.03. The van der Waals surface area contributed by atoms with Gasteiger partial charge in [-0.3, -0.25) is 0 Å². The van der Waals surface area contributed by atoms with E-state index in [1.54, 1.807) is 13.1 Å². The number of aliphatic hydroxyl groups is 2. The van der Waals surface area contributed by atoms with E-state index < -0.39 is 5.41 Å². The first-order valence-electron chi connectivity index (χ1n) is 3.49. The van der Waals surface area contributed by atoms with Crippen LogP contribution in [0.4, 0.5) is 0 Å². The maximum absolute atomic E-state index is 9.03. The number of hydrogen-bond donors (Lipinski definition) is 3. The van der Waals surface area contributed by atoms with Gasteiger partial charge in [0.1, 0.15) is 5.01 Å². The minimum absolute atomic E-state index is 0.107. The highest BCUT2D eigenvalue weighted by molar-refractivity contribution is 7.82. The Kier molecular flexibility index (Phi) is 3.11. The van der Waals surface area contributed by atoms with Gasteiger partial charge in [-0.1, -0.05) is 0 Å². The molecule has 3 nitrogen and oxygen atoms in total. The van der Waals surface area contributed by atoms with Crippen molar-refractivity contribution in [2.24, 2.45) is 0 Å². The Morgan fingerprint density at radius 3 is 2.50 bits per heavy atom. The Morgan fingerprint density at radius 2 is 2.17 bits per heavy atom. The van der Waals surface area contributed by atoms with E-state index in [4.69, 9.17) is 10.2 Å². The zero-order valence-corrected chi connectivity index (χ0v) is 8.40. The number of thiol groups is 1. The van der Waals surface area contributed by atoms with E-state index in [-0.39, 0.29) is 13.2 Å². The number of nitrogens with zero attached hydrogens (tertiary/aromatic N) is 1. The standard InChI is InChI=1S/C7H11NO2S2/c1-7(3-9,4-10)6-8-2-5(11)12-6/h2,9-11H,3-4H2,1H3. The Hall–Kier alpha value is -0.100. The molecule has 0 spiro atoms. The Balaban J connectivity index is 2.94. The molecule has 0 atom stereocenters. The molecular weight excluding hydrogens is 194 g/mol. The summed E-state index contributed by atoms with van der Waals surface area (Å²) in [5.41, 5.74) is -0.633. The fourth-order valence-electron chi connectivity index (χ4n) is 0.730. The van der Waals surface area contributed by atoms with Crippen LogP contribution in [-0.2, 0) is 5.41 Å². The Morgan fingerprint density at radius 1 is 1.58 bits per heavy atom. The van der Waals surface area contributed by atoms with Gasteiger partial charge in [-0.05, 0) is 6.92 Å². The lowest BCUT2D eigenvalue weighted by molar-refractivity contribution is 0.129. The van der Waals surface area contributed by atoms with Crippen LogP contribution in [0.2, 0.25) is 0 Å². The van der Waals surface area contributed by atoms with Gasteiger partial charge in [0.25, 0.3) is 0 Å². The molecule has 0 aliphatic heterocycles. The molecule has 2 N–H and O–H groups in total. The van der Waals surface area contributed by atoms with E-state index in [1.807, 2.05) is 0 Å². The van der Waals surface area contributed by atoms with Crippen LogP contribution in [0.5, 0.6) is 0 Å². The minimum Gasteiger partial charge on any atom is -0.395 e. The van der Waals surface area contributed by atoms with Crippen LogP contribution in [0, 0.1) is 0 Å². The van der Waals surface area contributed by atoms with Crippen LogP contribution >= 0.6 is 24.0 Å². The van der Waals surface area contributed by atoms with Gasteiger partial charge in [0, 0.05) is 0 Å². The zero-order chi connectivity index (χ0) is 9.19. The fraction of sp³-hybridized carbons (Fsp3) is 0.571. The quantitative estimate of drug-likeness (QED) is 0.636. The monoisotopic (exact) mass is 205 g/mol. The number of thiazole rings is 1. The van der Waals surface area contributed by atoms with Crippen LogP contribution < -0.4 is 0 Å². The smallest absolute Gasteiger partial charge is 0.104 e. The molecule has 0 radical (unpaired) electrons. The summed E-state index contributed by atoms with van der Waals surface area (Å²) in [4.78, 5) is 4.05. The highest BCUT2D eigenvalue weighted by Crippen LogP contribution is 2.28. The molecule has 0 saturated heterocycles. The van der Waals surface area contributed by atoms with Crippen molar-refractivity contribution >= 4 is 24.0 Å². The van der Waals surface area contributed by atoms with Crippen molar-refractivity contribution in [3.8, 4) is 0 Å². The van der Waals surface area contributed by atoms with Gasteiger partial charge in [-0.2, -0.15) is 0 Å². The largest absolute Gasteiger partial charge is 0.395 e. The Bertz CT molecular complexity index is 258. The van der Waals surface area contributed by atoms with E-state index in [1.165, 1.54) is 11.3 Å². The summed E-state index contributed by atoms with van der Waals surface area (Å²) < 4.78 is 0.790. The Labute approximate surface area is 80.5 Å². The lowest BCUT2D eigenvalue weighted by atomic mass is 9.94. The average Bonchev–Trinajstić information content (AvgIpc) is 2.51. The summed E-state index contributed by atoms with van der Waals surface area (Å²) in [6.07, 6.45) is 1.62. The SMILES string of the molecule is CC(CO)(CO)c1ncc(S)s1. The third-order valence-electron chi connectivity index (χ3n) is 1.71. The lowest BCUT2D eigenvalue weighted by Crippen LogP contribution is -2.30. The molecule has 0 aliphatic rings. The van der Waals surface area contributed by atoms with E-state index in [9.17, 15) is 0 Å². The number of aromatic nitrogens is 1. The zero-order valence-electron chi connectivity index (χ0n) is 6.69. The molecule has 1 heterocycles. The van der Waals surface area contributed by atoms with Crippen molar-refractivity contribution in [1.29, 1.82) is 0 Å². The molecule has 0 saturated carbocycles. The van der Waals surface area contributed by atoms with Crippen LogP contribution in [-0.4, -0.2) is 28.4 Å². The van der Waals surface area contributed by atoms with Gasteiger partial charge < -0.3 is 10.2 Å². The van der Waals surface area contributed by atoms with E-state index >= 15 is 0 Å². The molecule has 1 aromatic rings. The van der Waals surface area contributed by atoms with Gasteiger partial charge >= 0.3 is 0 Å². The molecule has 1 rings (SSSR count). The number of rotatable bonds is 3. The highest BCUT2D eigenvalue weighted by Gasteiger charge is 2.28. The predicted molar refractivity (Wildman–Crippen MR) is 50.9 cm³/mol. The third-order valence-corrected chi connectivity index (χ3v) is 3.20. The van der Waals surface area contributed by atoms with Gasteiger partial charge in [0.15, 0.2) is 0 Å². The molecule has 68 valence electrons. The number of aliphatic hydroxyl groups excluding tert-OH is 2.